The highest BCUT2D eigenvalue weighted by molar-refractivity contribution is 5.84. The SMILES string of the molecule is CCC1(COCc2ccccc2)CC(OC(=O)Nc2ccccc2)C(C)(C)O1. The average Bonchev–Trinajstić information content (AvgIpc) is 2.93. The first-order valence-corrected chi connectivity index (χ1v) is 9.77. The summed E-state index contributed by atoms with van der Waals surface area (Å²) < 4.78 is 18.0. The maximum Gasteiger partial charge on any atom is 0.411 e. The number of amides is 1. The molecule has 150 valence electrons. The molecule has 0 saturated carbocycles. The molecule has 1 fully saturated rings. The second-order valence-corrected chi connectivity index (χ2v) is 7.81. The van der Waals surface area contributed by atoms with Gasteiger partial charge in [0.2, 0.25) is 0 Å². The van der Waals surface area contributed by atoms with Gasteiger partial charge in [-0.15, -0.1) is 0 Å². The van der Waals surface area contributed by atoms with Crippen molar-refractivity contribution in [1.29, 1.82) is 0 Å². The zero-order valence-corrected chi connectivity index (χ0v) is 16.8. The average molecular weight is 383 g/mol. The normalized spacial score (nSPS) is 23.3. The Hall–Kier alpha value is -2.37. The maximum atomic E-state index is 12.3. The highest BCUT2D eigenvalue weighted by Gasteiger charge is 2.52. The van der Waals surface area contributed by atoms with Crippen molar-refractivity contribution in [2.45, 2.75) is 57.5 Å². The Morgan fingerprint density at radius 2 is 1.75 bits per heavy atom. The smallest absolute Gasteiger partial charge is 0.411 e. The fraction of sp³-hybridized carbons (Fsp3) is 0.435. The summed E-state index contributed by atoms with van der Waals surface area (Å²) in [5, 5.41) is 2.77. The third kappa shape index (κ3) is 5.12. The fourth-order valence-corrected chi connectivity index (χ4v) is 3.57. The van der Waals surface area contributed by atoms with Crippen LogP contribution in [0, 0.1) is 0 Å². The predicted molar refractivity (Wildman–Crippen MR) is 109 cm³/mol. The third-order valence-electron chi connectivity index (χ3n) is 5.20. The van der Waals surface area contributed by atoms with E-state index in [1.54, 1.807) is 0 Å². The molecule has 3 rings (SSSR count). The number of ether oxygens (including phenoxy) is 3. The second kappa shape index (κ2) is 8.76. The van der Waals surface area contributed by atoms with Crippen LogP contribution in [0.15, 0.2) is 60.7 Å². The van der Waals surface area contributed by atoms with Crippen LogP contribution in [0.4, 0.5) is 10.5 Å². The molecular formula is C23H29NO4. The van der Waals surface area contributed by atoms with Gasteiger partial charge in [0, 0.05) is 12.1 Å². The van der Waals surface area contributed by atoms with Gasteiger partial charge in [-0.2, -0.15) is 0 Å². The first kappa shape index (κ1) is 20.4. The lowest BCUT2D eigenvalue weighted by molar-refractivity contribution is -0.136. The summed E-state index contributed by atoms with van der Waals surface area (Å²) in [6.45, 7) is 6.99. The number of carbonyl (C=O) groups is 1. The molecule has 2 aromatic rings. The molecule has 0 aromatic heterocycles. The van der Waals surface area contributed by atoms with Crippen LogP contribution in [0.25, 0.3) is 0 Å². The number of carbonyl (C=O) groups excluding carboxylic acids is 1. The number of anilines is 1. The third-order valence-corrected chi connectivity index (χ3v) is 5.20. The van der Waals surface area contributed by atoms with E-state index in [0.29, 0.717) is 25.3 Å². The van der Waals surface area contributed by atoms with E-state index in [9.17, 15) is 4.79 Å². The fourth-order valence-electron chi connectivity index (χ4n) is 3.57. The zero-order chi connectivity index (χ0) is 20.0. The first-order valence-electron chi connectivity index (χ1n) is 9.77. The summed E-state index contributed by atoms with van der Waals surface area (Å²) >= 11 is 0. The van der Waals surface area contributed by atoms with E-state index >= 15 is 0 Å². The molecule has 1 saturated heterocycles. The van der Waals surface area contributed by atoms with Gasteiger partial charge in [-0.05, 0) is 38.0 Å². The van der Waals surface area contributed by atoms with E-state index in [2.05, 4.69) is 12.2 Å². The first-order chi connectivity index (χ1) is 13.4. The molecule has 28 heavy (non-hydrogen) atoms. The lowest BCUT2D eigenvalue weighted by atomic mass is 9.93. The zero-order valence-electron chi connectivity index (χ0n) is 16.8. The van der Waals surface area contributed by atoms with E-state index in [-0.39, 0.29) is 6.10 Å². The molecule has 2 aromatic carbocycles. The van der Waals surface area contributed by atoms with Crippen molar-refractivity contribution in [2.75, 3.05) is 11.9 Å². The molecule has 1 aliphatic rings. The predicted octanol–water partition coefficient (Wildman–Crippen LogP) is 5.17. The van der Waals surface area contributed by atoms with E-state index < -0.39 is 17.3 Å². The molecule has 1 heterocycles. The van der Waals surface area contributed by atoms with Gasteiger partial charge in [-0.25, -0.2) is 4.79 Å². The van der Waals surface area contributed by atoms with Gasteiger partial charge in [-0.3, -0.25) is 5.32 Å². The minimum Gasteiger partial charge on any atom is -0.443 e. The Balaban J connectivity index is 1.58. The minimum absolute atomic E-state index is 0.350. The van der Waals surface area contributed by atoms with Crippen molar-refractivity contribution in [3.63, 3.8) is 0 Å². The molecule has 1 amide bonds. The Labute approximate surface area is 167 Å². The van der Waals surface area contributed by atoms with Gasteiger partial charge in [0.15, 0.2) is 0 Å². The minimum atomic E-state index is -0.583. The van der Waals surface area contributed by atoms with Crippen molar-refractivity contribution < 1.29 is 19.0 Å². The van der Waals surface area contributed by atoms with E-state index in [0.717, 1.165) is 12.0 Å². The Bertz CT molecular complexity index is 763. The highest BCUT2D eigenvalue weighted by Crippen LogP contribution is 2.42. The molecule has 1 N–H and O–H groups in total. The van der Waals surface area contributed by atoms with Gasteiger partial charge in [0.1, 0.15) is 11.7 Å². The maximum absolute atomic E-state index is 12.3. The number of nitrogens with one attached hydrogen (secondary N) is 1. The number of benzene rings is 2. The number of rotatable bonds is 7. The Kier molecular flexibility index (Phi) is 6.37. The summed E-state index contributed by atoms with van der Waals surface area (Å²) in [7, 11) is 0. The van der Waals surface area contributed by atoms with Crippen molar-refractivity contribution in [1.82, 2.24) is 0 Å². The Morgan fingerprint density at radius 3 is 2.39 bits per heavy atom. The summed E-state index contributed by atoms with van der Waals surface area (Å²) in [4.78, 5) is 12.3. The quantitative estimate of drug-likeness (QED) is 0.717. The van der Waals surface area contributed by atoms with Crippen molar-refractivity contribution in [3.05, 3.63) is 66.2 Å². The van der Waals surface area contributed by atoms with Crippen LogP contribution in [0.3, 0.4) is 0 Å². The van der Waals surface area contributed by atoms with Gasteiger partial charge in [0.05, 0.1) is 18.8 Å². The topological polar surface area (TPSA) is 56.8 Å². The lowest BCUT2D eigenvalue weighted by Crippen LogP contribution is -2.38. The molecular weight excluding hydrogens is 354 g/mol. The lowest BCUT2D eigenvalue weighted by Gasteiger charge is -2.30. The molecule has 0 bridgehead atoms. The second-order valence-electron chi connectivity index (χ2n) is 7.81. The highest BCUT2D eigenvalue weighted by atomic mass is 16.6. The van der Waals surface area contributed by atoms with Crippen molar-refractivity contribution in [3.8, 4) is 0 Å². The molecule has 1 aliphatic heterocycles. The molecule has 5 heteroatoms. The molecule has 0 aliphatic carbocycles. The standard InChI is InChI=1S/C23H29NO4/c1-4-23(17-26-16-18-11-7-5-8-12-18)15-20(22(2,3)28-23)27-21(25)24-19-13-9-6-10-14-19/h5-14,20H,4,15-17H2,1-3H3,(H,24,25). The van der Waals surface area contributed by atoms with Gasteiger partial charge in [0.25, 0.3) is 0 Å². The number of hydrogen-bond acceptors (Lipinski definition) is 4. The van der Waals surface area contributed by atoms with Crippen LogP contribution in [-0.4, -0.2) is 30.0 Å². The van der Waals surface area contributed by atoms with E-state index in [1.165, 1.54) is 0 Å². The molecule has 5 nitrogen and oxygen atoms in total. The Morgan fingerprint density at radius 1 is 1.11 bits per heavy atom. The van der Waals surface area contributed by atoms with Crippen LogP contribution in [0.1, 0.15) is 39.2 Å². The van der Waals surface area contributed by atoms with E-state index in [4.69, 9.17) is 14.2 Å². The van der Waals surface area contributed by atoms with E-state index in [1.807, 2.05) is 74.5 Å². The largest absolute Gasteiger partial charge is 0.443 e. The number of para-hydroxylation sites is 1. The van der Waals surface area contributed by atoms with Gasteiger partial charge < -0.3 is 14.2 Å². The van der Waals surface area contributed by atoms with Crippen LogP contribution in [0.2, 0.25) is 0 Å². The van der Waals surface area contributed by atoms with Gasteiger partial charge >= 0.3 is 6.09 Å². The summed E-state index contributed by atoms with van der Waals surface area (Å²) in [5.74, 6) is 0. The monoisotopic (exact) mass is 383 g/mol. The number of hydrogen-bond donors (Lipinski definition) is 1. The molecule has 0 spiro atoms. The van der Waals surface area contributed by atoms with Gasteiger partial charge in [-0.1, -0.05) is 55.5 Å². The van der Waals surface area contributed by atoms with Crippen molar-refractivity contribution in [2.24, 2.45) is 0 Å². The molecule has 2 unspecified atom stereocenters. The summed E-state index contributed by atoms with van der Waals surface area (Å²) in [6, 6.07) is 19.3. The van der Waals surface area contributed by atoms with Crippen LogP contribution < -0.4 is 5.32 Å². The van der Waals surface area contributed by atoms with Crippen molar-refractivity contribution >= 4 is 11.8 Å². The molecule has 0 radical (unpaired) electrons. The summed E-state index contributed by atoms with van der Waals surface area (Å²) in [5.41, 5.74) is 0.786. The molecule has 2 atom stereocenters. The summed E-state index contributed by atoms with van der Waals surface area (Å²) in [6.07, 6.45) is 0.570. The van der Waals surface area contributed by atoms with Crippen LogP contribution in [-0.2, 0) is 20.8 Å². The van der Waals surface area contributed by atoms with Crippen LogP contribution in [0.5, 0.6) is 0 Å². The van der Waals surface area contributed by atoms with Crippen LogP contribution >= 0.6 is 0 Å².